The van der Waals surface area contributed by atoms with E-state index in [1.165, 1.54) is 42.8 Å². The first kappa shape index (κ1) is 17.7. The van der Waals surface area contributed by atoms with Crippen LogP contribution in [0.25, 0.3) is 0 Å². The standard InChI is InChI=1S/C22H27NO2S/c1-17-22(26-21-8-4-3-7-20(21)25-17)18-9-11-19(12-10-18)24-16-15-23-13-5-2-6-14-23/h3-4,7-12,17,22H,2,5-6,13-16H2,1H3/t17?,22-/m0/s1. The molecule has 0 aromatic heterocycles. The van der Waals surface area contributed by atoms with E-state index in [-0.39, 0.29) is 6.10 Å². The Kier molecular flexibility index (Phi) is 5.71. The summed E-state index contributed by atoms with van der Waals surface area (Å²) in [6.45, 7) is 6.39. The molecule has 1 saturated heterocycles. The van der Waals surface area contributed by atoms with Gasteiger partial charge in [-0.15, -0.1) is 11.8 Å². The Morgan fingerprint density at radius 3 is 2.62 bits per heavy atom. The minimum absolute atomic E-state index is 0.153. The van der Waals surface area contributed by atoms with E-state index in [1.807, 2.05) is 23.9 Å². The number of hydrogen-bond acceptors (Lipinski definition) is 4. The van der Waals surface area contributed by atoms with Crippen molar-refractivity contribution in [2.75, 3.05) is 26.2 Å². The largest absolute Gasteiger partial charge is 0.492 e. The van der Waals surface area contributed by atoms with E-state index in [9.17, 15) is 0 Å². The number of likely N-dealkylation sites (tertiary alicyclic amines) is 1. The van der Waals surface area contributed by atoms with Crippen LogP contribution in [0.3, 0.4) is 0 Å². The quantitative estimate of drug-likeness (QED) is 0.725. The highest BCUT2D eigenvalue weighted by Crippen LogP contribution is 2.47. The Balaban J connectivity index is 1.34. The van der Waals surface area contributed by atoms with Gasteiger partial charge in [0.25, 0.3) is 0 Å². The predicted molar refractivity (Wildman–Crippen MR) is 107 cm³/mol. The second kappa shape index (κ2) is 8.36. The second-order valence-corrected chi connectivity index (χ2v) is 8.31. The van der Waals surface area contributed by atoms with Gasteiger partial charge in [-0.1, -0.05) is 30.7 Å². The maximum absolute atomic E-state index is 6.10. The Morgan fingerprint density at radius 1 is 1.04 bits per heavy atom. The lowest BCUT2D eigenvalue weighted by atomic mass is 10.1. The number of nitrogens with zero attached hydrogens (tertiary/aromatic N) is 1. The van der Waals surface area contributed by atoms with Gasteiger partial charge in [0.05, 0.1) is 10.1 Å². The molecule has 0 radical (unpaired) electrons. The first-order chi connectivity index (χ1) is 12.8. The van der Waals surface area contributed by atoms with Gasteiger partial charge in [-0.3, -0.25) is 4.90 Å². The zero-order chi connectivity index (χ0) is 17.8. The topological polar surface area (TPSA) is 21.7 Å². The van der Waals surface area contributed by atoms with Gasteiger partial charge in [-0.05, 0) is 62.7 Å². The Morgan fingerprint density at radius 2 is 1.81 bits per heavy atom. The summed E-state index contributed by atoms with van der Waals surface area (Å²) >= 11 is 1.89. The van der Waals surface area contributed by atoms with Gasteiger partial charge in [0, 0.05) is 6.54 Å². The van der Waals surface area contributed by atoms with Crippen molar-refractivity contribution in [2.45, 2.75) is 42.4 Å². The summed E-state index contributed by atoms with van der Waals surface area (Å²) in [6.07, 6.45) is 4.19. The molecule has 2 aliphatic heterocycles. The molecule has 0 amide bonds. The van der Waals surface area contributed by atoms with Gasteiger partial charge in [-0.25, -0.2) is 0 Å². The molecule has 1 unspecified atom stereocenters. The van der Waals surface area contributed by atoms with Crippen molar-refractivity contribution in [2.24, 2.45) is 0 Å². The van der Waals surface area contributed by atoms with Crippen LogP contribution in [-0.2, 0) is 0 Å². The first-order valence-corrected chi connectivity index (χ1v) is 10.5. The Bertz CT molecular complexity index is 712. The van der Waals surface area contributed by atoms with Crippen LogP contribution >= 0.6 is 11.8 Å². The summed E-state index contributed by atoms with van der Waals surface area (Å²) in [6, 6.07) is 16.8. The molecule has 2 aromatic carbocycles. The first-order valence-electron chi connectivity index (χ1n) is 9.67. The summed E-state index contributed by atoms with van der Waals surface area (Å²) in [4.78, 5) is 3.73. The number of para-hydroxylation sites is 1. The number of rotatable bonds is 5. The number of ether oxygens (including phenoxy) is 2. The molecule has 2 aliphatic rings. The van der Waals surface area contributed by atoms with E-state index in [4.69, 9.17) is 9.47 Å². The number of hydrogen-bond donors (Lipinski definition) is 0. The Labute approximate surface area is 160 Å². The highest BCUT2D eigenvalue weighted by atomic mass is 32.2. The molecular weight excluding hydrogens is 342 g/mol. The van der Waals surface area contributed by atoms with Crippen LogP contribution in [0.2, 0.25) is 0 Å². The maximum atomic E-state index is 6.10. The summed E-state index contributed by atoms with van der Waals surface area (Å²) in [5, 5.41) is 0.312. The molecule has 0 N–H and O–H groups in total. The van der Waals surface area contributed by atoms with Crippen molar-refractivity contribution in [3.05, 3.63) is 54.1 Å². The van der Waals surface area contributed by atoms with Crippen LogP contribution in [0.4, 0.5) is 0 Å². The van der Waals surface area contributed by atoms with Gasteiger partial charge in [0.2, 0.25) is 0 Å². The zero-order valence-corrected chi connectivity index (χ0v) is 16.2. The van der Waals surface area contributed by atoms with Crippen LogP contribution in [0.5, 0.6) is 11.5 Å². The van der Waals surface area contributed by atoms with Gasteiger partial charge in [-0.2, -0.15) is 0 Å². The van der Waals surface area contributed by atoms with Crippen LogP contribution in [0, 0.1) is 0 Å². The van der Waals surface area contributed by atoms with E-state index < -0.39 is 0 Å². The van der Waals surface area contributed by atoms with Crippen LogP contribution in [0.15, 0.2) is 53.4 Å². The number of benzene rings is 2. The predicted octanol–water partition coefficient (Wildman–Crippen LogP) is 5.17. The SMILES string of the molecule is CC1Oc2ccccc2S[C@@H]1c1ccc(OCCN2CCCCC2)cc1. The molecule has 2 aromatic rings. The average Bonchev–Trinajstić information content (AvgIpc) is 2.69. The average molecular weight is 370 g/mol. The molecule has 0 aliphatic carbocycles. The summed E-state index contributed by atoms with van der Waals surface area (Å²) in [5.74, 6) is 1.96. The minimum atomic E-state index is 0.153. The fourth-order valence-electron chi connectivity index (χ4n) is 3.71. The zero-order valence-electron chi connectivity index (χ0n) is 15.4. The molecule has 0 bridgehead atoms. The molecular formula is C22H27NO2S. The van der Waals surface area contributed by atoms with Crippen LogP contribution < -0.4 is 9.47 Å². The number of piperidine rings is 1. The smallest absolute Gasteiger partial charge is 0.133 e. The van der Waals surface area contributed by atoms with Crippen molar-refractivity contribution in [1.82, 2.24) is 4.90 Å². The lowest BCUT2D eigenvalue weighted by Crippen LogP contribution is -2.33. The van der Waals surface area contributed by atoms with E-state index in [2.05, 4.69) is 48.2 Å². The maximum Gasteiger partial charge on any atom is 0.133 e. The lowest BCUT2D eigenvalue weighted by molar-refractivity contribution is 0.183. The normalized spacial score (nSPS) is 23.1. The molecule has 4 rings (SSSR count). The van der Waals surface area contributed by atoms with E-state index in [1.54, 1.807) is 0 Å². The summed E-state index contributed by atoms with van der Waals surface area (Å²) in [5.41, 5.74) is 1.29. The monoisotopic (exact) mass is 369 g/mol. The van der Waals surface area contributed by atoms with E-state index in [0.29, 0.717) is 5.25 Å². The van der Waals surface area contributed by atoms with Crippen molar-refractivity contribution in [3.8, 4) is 11.5 Å². The molecule has 26 heavy (non-hydrogen) atoms. The highest BCUT2D eigenvalue weighted by Gasteiger charge is 2.28. The van der Waals surface area contributed by atoms with Crippen molar-refractivity contribution in [1.29, 1.82) is 0 Å². The van der Waals surface area contributed by atoms with E-state index >= 15 is 0 Å². The second-order valence-electron chi connectivity index (χ2n) is 7.13. The van der Waals surface area contributed by atoms with Crippen molar-refractivity contribution in [3.63, 3.8) is 0 Å². The molecule has 1 fully saturated rings. The molecule has 138 valence electrons. The molecule has 3 nitrogen and oxygen atoms in total. The molecule has 4 heteroatoms. The third kappa shape index (κ3) is 4.18. The van der Waals surface area contributed by atoms with Crippen LogP contribution in [0.1, 0.15) is 37.0 Å². The fourth-order valence-corrected chi connectivity index (χ4v) is 4.91. The van der Waals surface area contributed by atoms with Crippen molar-refractivity contribution >= 4 is 11.8 Å². The molecule has 0 saturated carbocycles. The number of thioether (sulfide) groups is 1. The van der Waals surface area contributed by atoms with Gasteiger partial charge >= 0.3 is 0 Å². The highest BCUT2D eigenvalue weighted by molar-refractivity contribution is 7.99. The summed E-state index contributed by atoms with van der Waals surface area (Å²) < 4.78 is 12.1. The van der Waals surface area contributed by atoms with Gasteiger partial charge < -0.3 is 9.47 Å². The molecule has 0 spiro atoms. The fraction of sp³-hybridized carbons (Fsp3) is 0.455. The Hall–Kier alpha value is -1.65. The van der Waals surface area contributed by atoms with Crippen LogP contribution in [-0.4, -0.2) is 37.2 Å². The van der Waals surface area contributed by atoms with Gasteiger partial charge in [0.15, 0.2) is 0 Å². The minimum Gasteiger partial charge on any atom is -0.492 e. The van der Waals surface area contributed by atoms with E-state index in [0.717, 1.165) is 24.7 Å². The lowest BCUT2D eigenvalue weighted by Gasteiger charge is -2.31. The third-order valence-electron chi connectivity index (χ3n) is 5.18. The van der Waals surface area contributed by atoms with Gasteiger partial charge in [0.1, 0.15) is 24.2 Å². The number of fused-ring (bicyclic) bond motifs is 1. The summed E-state index contributed by atoms with van der Waals surface area (Å²) in [7, 11) is 0. The van der Waals surface area contributed by atoms with Crippen molar-refractivity contribution < 1.29 is 9.47 Å². The third-order valence-corrected chi connectivity index (χ3v) is 6.68. The molecule has 2 heterocycles. The molecule has 2 atom stereocenters.